The van der Waals surface area contributed by atoms with E-state index in [-0.39, 0.29) is 11.5 Å². The third-order valence-electron chi connectivity index (χ3n) is 2.82. The fraction of sp³-hybridized carbons (Fsp3) is 0.357. The molecule has 0 aromatic heterocycles. The molecule has 0 aliphatic rings. The summed E-state index contributed by atoms with van der Waals surface area (Å²) in [5.41, 5.74) is 1.06. The highest BCUT2D eigenvalue weighted by atomic mass is 16.4. The van der Waals surface area contributed by atoms with Gasteiger partial charge in [-0.3, -0.25) is 4.79 Å². The number of carboxylic acids is 1. The second kappa shape index (κ2) is 7.28. The molecule has 1 aromatic rings. The second-order valence-corrected chi connectivity index (χ2v) is 4.55. The molecule has 3 amide bonds. The molecular weight excluding hydrogens is 274 g/mol. The number of hydrogen-bond acceptors (Lipinski definition) is 3. The summed E-state index contributed by atoms with van der Waals surface area (Å²) in [6, 6.07) is 3.31. The molecule has 0 aliphatic carbocycles. The first-order valence-corrected chi connectivity index (χ1v) is 6.54. The van der Waals surface area contributed by atoms with Gasteiger partial charge in [-0.1, -0.05) is 6.07 Å². The first kappa shape index (κ1) is 16.5. The van der Waals surface area contributed by atoms with Gasteiger partial charge in [0.05, 0.1) is 5.56 Å². The van der Waals surface area contributed by atoms with Crippen LogP contribution < -0.4 is 16.0 Å². The number of urea groups is 1. The van der Waals surface area contributed by atoms with Crippen molar-refractivity contribution in [2.24, 2.45) is 0 Å². The molecule has 1 atom stereocenters. The van der Waals surface area contributed by atoms with Crippen molar-refractivity contribution in [1.82, 2.24) is 10.6 Å². The van der Waals surface area contributed by atoms with Crippen molar-refractivity contribution in [3.05, 3.63) is 29.3 Å². The zero-order valence-electron chi connectivity index (χ0n) is 12.2. The fourth-order valence-electron chi connectivity index (χ4n) is 1.69. The monoisotopic (exact) mass is 293 g/mol. The quantitative estimate of drug-likeness (QED) is 0.657. The molecule has 0 radical (unpaired) electrons. The summed E-state index contributed by atoms with van der Waals surface area (Å²) in [6.07, 6.45) is 0. The number of nitrogens with one attached hydrogen (secondary N) is 3. The van der Waals surface area contributed by atoms with E-state index in [0.29, 0.717) is 17.8 Å². The third-order valence-corrected chi connectivity index (χ3v) is 2.82. The molecule has 0 bridgehead atoms. The average Bonchev–Trinajstić information content (AvgIpc) is 2.40. The van der Waals surface area contributed by atoms with Gasteiger partial charge in [0.15, 0.2) is 0 Å². The molecule has 0 fully saturated rings. The maximum Gasteiger partial charge on any atom is 0.336 e. The van der Waals surface area contributed by atoms with E-state index >= 15 is 0 Å². The standard InChI is InChI=1S/C14H19N3O4/c1-4-15-12(18)9(3)16-14(21)17-10-6-5-8(2)11(7-10)13(19)20/h5-7,9H,4H2,1-3H3,(H,15,18)(H,19,20)(H2,16,17,21). The summed E-state index contributed by atoms with van der Waals surface area (Å²) in [5, 5.41) is 16.6. The molecule has 4 N–H and O–H groups in total. The zero-order valence-corrected chi connectivity index (χ0v) is 12.2. The summed E-state index contributed by atoms with van der Waals surface area (Å²) in [5.74, 6) is -1.35. The molecular formula is C14H19N3O4. The highest BCUT2D eigenvalue weighted by Gasteiger charge is 2.15. The number of aryl methyl sites for hydroxylation is 1. The topological polar surface area (TPSA) is 108 Å². The first-order chi connectivity index (χ1) is 9.85. The van der Waals surface area contributed by atoms with Crippen LogP contribution in [0.3, 0.4) is 0 Å². The van der Waals surface area contributed by atoms with Gasteiger partial charge >= 0.3 is 12.0 Å². The zero-order chi connectivity index (χ0) is 16.0. The van der Waals surface area contributed by atoms with Gasteiger partial charge < -0.3 is 21.1 Å². The lowest BCUT2D eigenvalue weighted by Crippen LogP contribution is -2.46. The van der Waals surface area contributed by atoms with Gasteiger partial charge in [0.1, 0.15) is 6.04 Å². The van der Waals surface area contributed by atoms with Crippen LogP contribution in [0.15, 0.2) is 18.2 Å². The number of carboxylic acid groups (broad SMARTS) is 1. The van der Waals surface area contributed by atoms with Crippen molar-refractivity contribution >= 4 is 23.6 Å². The Morgan fingerprint density at radius 2 is 1.95 bits per heavy atom. The van der Waals surface area contributed by atoms with Gasteiger partial charge in [-0.2, -0.15) is 0 Å². The summed E-state index contributed by atoms with van der Waals surface area (Å²) in [6.45, 7) is 5.49. The lowest BCUT2D eigenvalue weighted by molar-refractivity contribution is -0.122. The Morgan fingerprint density at radius 1 is 1.29 bits per heavy atom. The molecule has 0 heterocycles. The van der Waals surface area contributed by atoms with Gasteiger partial charge in [0.2, 0.25) is 5.91 Å². The number of likely N-dealkylation sites (N-methyl/N-ethyl adjacent to an activating group) is 1. The molecule has 1 rings (SSSR count). The lowest BCUT2D eigenvalue weighted by Gasteiger charge is -2.14. The molecule has 114 valence electrons. The minimum atomic E-state index is -1.06. The molecule has 0 saturated heterocycles. The molecule has 21 heavy (non-hydrogen) atoms. The number of benzene rings is 1. The van der Waals surface area contributed by atoms with Crippen molar-refractivity contribution in [3.63, 3.8) is 0 Å². The summed E-state index contributed by atoms with van der Waals surface area (Å²) in [4.78, 5) is 34.3. The second-order valence-electron chi connectivity index (χ2n) is 4.55. The van der Waals surface area contributed by atoms with E-state index in [2.05, 4.69) is 16.0 Å². The van der Waals surface area contributed by atoms with Crippen LogP contribution in [0.4, 0.5) is 10.5 Å². The Hall–Kier alpha value is -2.57. The van der Waals surface area contributed by atoms with Crippen LogP contribution in [-0.2, 0) is 4.79 Å². The normalized spacial score (nSPS) is 11.4. The van der Waals surface area contributed by atoms with Gasteiger partial charge in [0.25, 0.3) is 0 Å². The Balaban J connectivity index is 2.69. The van der Waals surface area contributed by atoms with E-state index in [4.69, 9.17) is 5.11 Å². The predicted octanol–water partition coefficient (Wildman–Crippen LogP) is 1.34. The molecule has 0 aliphatic heterocycles. The van der Waals surface area contributed by atoms with Crippen LogP contribution in [-0.4, -0.2) is 35.6 Å². The predicted molar refractivity (Wildman–Crippen MR) is 78.4 cm³/mol. The number of carbonyl (C=O) groups excluding carboxylic acids is 2. The third kappa shape index (κ3) is 4.79. The Labute approximate surface area is 122 Å². The molecule has 1 unspecified atom stereocenters. The van der Waals surface area contributed by atoms with Crippen molar-refractivity contribution < 1.29 is 19.5 Å². The Kier molecular flexibility index (Phi) is 5.71. The van der Waals surface area contributed by atoms with Crippen molar-refractivity contribution in [3.8, 4) is 0 Å². The van der Waals surface area contributed by atoms with E-state index in [9.17, 15) is 14.4 Å². The SMILES string of the molecule is CCNC(=O)C(C)NC(=O)Nc1ccc(C)c(C(=O)O)c1. The van der Waals surface area contributed by atoms with Crippen molar-refractivity contribution in [1.29, 1.82) is 0 Å². The van der Waals surface area contributed by atoms with E-state index in [1.807, 2.05) is 0 Å². The molecule has 0 saturated carbocycles. The van der Waals surface area contributed by atoms with Crippen LogP contribution in [0.25, 0.3) is 0 Å². The maximum absolute atomic E-state index is 11.7. The van der Waals surface area contributed by atoms with Crippen LogP contribution >= 0.6 is 0 Å². The van der Waals surface area contributed by atoms with Crippen LogP contribution in [0.5, 0.6) is 0 Å². The smallest absolute Gasteiger partial charge is 0.336 e. The highest BCUT2D eigenvalue weighted by Crippen LogP contribution is 2.15. The van der Waals surface area contributed by atoms with E-state index in [1.165, 1.54) is 6.07 Å². The Bertz CT molecular complexity index is 557. The average molecular weight is 293 g/mol. The Morgan fingerprint density at radius 3 is 2.52 bits per heavy atom. The van der Waals surface area contributed by atoms with E-state index in [0.717, 1.165) is 0 Å². The van der Waals surface area contributed by atoms with Crippen LogP contribution in [0, 0.1) is 6.92 Å². The molecule has 0 spiro atoms. The minimum absolute atomic E-state index is 0.115. The summed E-state index contributed by atoms with van der Waals surface area (Å²) >= 11 is 0. The lowest BCUT2D eigenvalue weighted by atomic mass is 10.1. The van der Waals surface area contributed by atoms with Gasteiger partial charge in [0, 0.05) is 12.2 Å². The minimum Gasteiger partial charge on any atom is -0.478 e. The highest BCUT2D eigenvalue weighted by molar-refractivity contribution is 5.96. The van der Waals surface area contributed by atoms with Crippen molar-refractivity contribution in [2.45, 2.75) is 26.8 Å². The van der Waals surface area contributed by atoms with Crippen LogP contribution in [0.2, 0.25) is 0 Å². The fourth-order valence-corrected chi connectivity index (χ4v) is 1.69. The van der Waals surface area contributed by atoms with Gasteiger partial charge in [-0.05, 0) is 38.5 Å². The van der Waals surface area contributed by atoms with E-state index in [1.54, 1.807) is 32.9 Å². The number of anilines is 1. The van der Waals surface area contributed by atoms with E-state index < -0.39 is 18.0 Å². The van der Waals surface area contributed by atoms with Gasteiger partial charge in [-0.15, -0.1) is 0 Å². The molecule has 1 aromatic carbocycles. The first-order valence-electron chi connectivity index (χ1n) is 6.54. The number of rotatable bonds is 5. The molecule has 7 heteroatoms. The van der Waals surface area contributed by atoms with Crippen molar-refractivity contribution in [2.75, 3.05) is 11.9 Å². The summed E-state index contributed by atoms with van der Waals surface area (Å²) < 4.78 is 0. The number of hydrogen-bond donors (Lipinski definition) is 4. The number of carbonyl (C=O) groups is 3. The maximum atomic E-state index is 11.7. The summed E-state index contributed by atoms with van der Waals surface area (Å²) in [7, 11) is 0. The number of aromatic carboxylic acids is 1. The number of amides is 3. The van der Waals surface area contributed by atoms with Crippen LogP contribution in [0.1, 0.15) is 29.8 Å². The van der Waals surface area contributed by atoms with Gasteiger partial charge in [-0.25, -0.2) is 9.59 Å². The molecule has 7 nitrogen and oxygen atoms in total. The largest absolute Gasteiger partial charge is 0.478 e.